The first-order valence-electron chi connectivity index (χ1n) is 7.65. The molecule has 2 aromatic carbocycles. The fourth-order valence-electron chi connectivity index (χ4n) is 2.30. The van der Waals surface area contributed by atoms with Crippen molar-refractivity contribution in [1.29, 1.82) is 0 Å². The molecule has 1 amide bonds. The summed E-state index contributed by atoms with van der Waals surface area (Å²) in [5.41, 5.74) is 2.09. The number of halogens is 1. The van der Waals surface area contributed by atoms with E-state index in [1.165, 1.54) is 0 Å². The molecule has 0 saturated carbocycles. The second-order valence-corrected chi connectivity index (χ2v) is 6.07. The first-order valence-corrected chi connectivity index (χ1v) is 8.03. The Morgan fingerprint density at radius 3 is 2.61 bits per heavy atom. The summed E-state index contributed by atoms with van der Waals surface area (Å²) in [7, 11) is 0. The molecule has 0 bridgehead atoms. The molecule has 120 valence electrons. The van der Waals surface area contributed by atoms with Gasteiger partial charge in [0, 0.05) is 24.7 Å². The lowest BCUT2D eigenvalue weighted by atomic mass is 10.0. The van der Waals surface area contributed by atoms with Gasteiger partial charge in [-0.3, -0.25) is 4.79 Å². The number of carbonyl (C=O) groups excluding carboxylic acids is 1. The van der Waals surface area contributed by atoms with E-state index in [0.717, 1.165) is 30.0 Å². The lowest BCUT2D eigenvalue weighted by molar-refractivity contribution is -0.126. The van der Waals surface area contributed by atoms with Gasteiger partial charge >= 0.3 is 0 Å². The Hall–Kier alpha value is -2.04. The zero-order chi connectivity index (χ0) is 16.1. The standard InChI is InChI=1S/C18H19ClN2O2/c19-16-3-1-2-14(8-16)12-23-17-6-4-13(5-7-17)9-21-18(22)15-10-20-11-15/h1-8,15,20H,9-12H2,(H,21,22). The first kappa shape index (κ1) is 15.8. The third kappa shape index (κ3) is 4.47. The van der Waals surface area contributed by atoms with Crippen molar-refractivity contribution in [3.63, 3.8) is 0 Å². The van der Waals surface area contributed by atoms with Crippen LogP contribution in [0.15, 0.2) is 48.5 Å². The van der Waals surface area contributed by atoms with Crippen LogP contribution in [0.25, 0.3) is 0 Å². The summed E-state index contributed by atoms with van der Waals surface area (Å²) >= 11 is 5.95. The maximum absolute atomic E-state index is 11.8. The van der Waals surface area contributed by atoms with Crippen molar-refractivity contribution in [1.82, 2.24) is 10.6 Å². The van der Waals surface area contributed by atoms with Crippen LogP contribution in [0.4, 0.5) is 0 Å². The topological polar surface area (TPSA) is 50.4 Å². The van der Waals surface area contributed by atoms with E-state index < -0.39 is 0 Å². The first-order chi connectivity index (χ1) is 11.2. The maximum atomic E-state index is 11.8. The minimum absolute atomic E-state index is 0.116. The van der Waals surface area contributed by atoms with Crippen LogP contribution in [0.5, 0.6) is 5.75 Å². The van der Waals surface area contributed by atoms with Gasteiger partial charge in [0.1, 0.15) is 12.4 Å². The van der Waals surface area contributed by atoms with Gasteiger partial charge in [0.15, 0.2) is 0 Å². The lowest BCUT2D eigenvalue weighted by Gasteiger charge is -2.25. The van der Waals surface area contributed by atoms with E-state index in [9.17, 15) is 4.79 Å². The fraction of sp³-hybridized carbons (Fsp3) is 0.278. The average Bonchev–Trinajstić information content (AvgIpc) is 2.50. The predicted octanol–water partition coefficient (Wildman–Crippen LogP) is 2.75. The molecule has 1 aliphatic rings. The molecule has 2 N–H and O–H groups in total. The fourth-order valence-corrected chi connectivity index (χ4v) is 2.52. The van der Waals surface area contributed by atoms with E-state index >= 15 is 0 Å². The largest absolute Gasteiger partial charge is 0.489 e. The Bertz CT molecular complexity index is 669. The Balaban J connectivity index is 1.47. The van der Waals surface area contributed by atoms with Gasteiger partial charge in [0.25, 0.3) is 0 Å². The molecule has 0 atom stereocenters. The highest BCUT2D eigenvalue weighted by molar-refractivity contribution is 6.30. The van der Waals surface area contributed by atoms with Gasteiger partial charge in [-0.1, -0.05) is 35.9 Å². The smallest absolute Gasteiger partial charge is 0.225 e. The van der Waals surface area contributed by atoms with E-state index in [0.29, 0.717) is 18.2 Å². The minimum Gasteiger partial charge on any atom is -0.489 e. The molecular weight excluding hydrogens is 312 g/mol. The third-order valence-electron chi connectivity index (χ3n) is 3.84. The van der Waals surface area contributed by atoms with Crippen LogP contribution < -0.4 is 15.4 Å². The summed E-state index contributed by atoms with van der Waals surface area (Å²) in [6.07, 6.45) is 0. The molecule has 0 radical (unpaired) electrons. The molecule has 0 unspecified atom stereocenters. The molecule has 0 spiro atoms. The summed E-state index contributed by atoms with van der Waals surface area (Å²) < 4.78 is 5.74. The summed E-state index contributed by atoms with van der Waals surface area (Å²) in [5.74, 6) is 1.03. The van der Waals surface area contributed by atoms with Crippen molar-refractivity contribution in [2.24, 2.45) is 5.92 Å². The lowest BCUT2D eigenvalue weighted by Crippen LogP contribution is -2.50. The number of benzene rings is 2. The van der Waals surface area contributed by atoms with Crippen LogP contribution in [-0.4, -0.2) is 19.0 Å². The molecule has 0 aliphatic carbocycles. The Kier molecular flexibility index (Phi) is 5.16. The van der Waals surface area contributed by atoms with Gasteiger partial charge < -0.3 is 15.4 Å². The van der Waals surface area contributed by atoms with E-state index in [1.54, 1.807) is 0 Å². The Morgan fingerprint density at radius 2 is 1.96 bits per heavy atom. The van der Waals surface area contributed by atoms with Crippen LogP contribution in [0, 0.1) is 5.92 Å². The second-order valence-electron chi connectivity index (χ2n) is 5.64. The number of ether oxygens (including phenoxy) is 1. The minimum atomic E-state index is 0.116. The van der Waals surface area contributed by atoms with Gasteiger partial charge in [-0.05, 0) is 35.4 Å². The highest BCUT2D eigenvalue weighted by Gasteiger charge is 2.24. The van der Waals surface area contributed by atoms with Crippen molar-refractivity contribution >= 4 is 17.5 Å². The zero-order valence-electron chi connectivity index (χ0n) is 12.7. The van der Waals surface area contributed by atoms with Gasteiger partial charge in [-0.15, -0.1) is 0 Å². The third-order valence-corrected chi connectivity index (χ3v) is 4.07. The number of hydrogen-bond acceptors (Lipinski definition) is 3. The molecular formula is C18H19ClN2O2. The molecule has 1 fully saturated rings. The van der Waals surface area contributed by atoms with Crippen LogP contribution in [0.3, 0.4) is 0 Å². The van der Waals surface area contributed by atoms with Gasteiger partial charge in [-0.2, -0.15) is 0 Å². The van der Waals surface area contributed by atoms with Crippen LogP contribution in [0.2, 0.25) is 5.02 Å². The monoisotopic (exact) mass is 330 g/mol. The average molecular weight is 331 g/mol. The van der Waals surface area contributed by atoms with E-state index in [-0.39, 0.29) is 11.8 Å². The van der Waals surface area contributed by atoms with E-state index in [1.807, 2.05) is 48.5 Å². The molecule has 4 nitrogen and oxygen atoms in total. The van der Waals surface area contributed by atoms with E-state index in [2.05, 4.69) is 10.6 Å². The maximum Gasteiger partial charge on any atom is 0.225 e. The van der Waals surface area contributed by atoms with Crippen LogP contribution >= 0.6 is 11.6 Å². The summed E-state index contributed by atoms with van der Waals surface area (Å²) in [4.78, 5) is 11.8. The van der Waals surface area contributed by atoms with Crippen LogP contribution in [-0.2, 0) is 17.9 Å². The van der Waals surface area contributed by atoms with Crippen molar-refractivity contribution < 1.29 is 9.53 Å². The summed E-state index contributed by atoms with van der Waals surface area (Å²) in [6, 6.07) is 15.4. The van der Waals surface area contributed by atoms with E-state index in [4.69, 9.17) is 16.3 Å². The highest BCUT2D eigenvalue weighted by atomic mass is 35.5. The summed E-state index contributed by atoms with van der Waals surface area (Å²) in [5, 5.41) is 6.75. The Morgan fingerprint density at radius 1 is 1.17 bits per heavy atom. The van der Waals surface area contributed by atoms with Crippen molar-refractivity contribution in [3.05, 3.63) is 64.7 Å². The van der Waals surface area contributed by atoms with Crippen LogP contribution in [0.1, 0.15) is 11.1 Å². The molecule has 0 aromatic heterocycles. The van der Waals surface area contributed by atoms with Crippen molar-refractivity contribution in [2.75, 3.05) is 13.1 Å². The van der Waals surface area contributed by atoms with Crippen molar-refractivity contribution in [3.8, 4) is 5.75 Å². The predicted molar refractivity (Wildman–Crippen MR) is 90.4 cm³/mol. The quantitative estimate of drug-likeness (QED) is 0.856. The molecule has 23 heavy (non-hydrogen) atoms. The van der Waals surface area contributed by atoms with Gasteiger partial charge in [0.2, 0.25) is 5.91 Å². The number of amides is 1. The molecule has 1 heterocycles. The Labute approximate surface area is 140 Å². The number of rotatable bonds is 6. The number of hydrogen-bond donors (Lipinski definition) is 2. The number of nitrogens with one attached hydrogen (secondary N) is 2. The van der Waals surface area contributed by atoms with Crippen molar-refractivity contribution in [2.45, 2.75) is 13.2 Å². The van der Waals surface area contributed by atoms with Gasteiger partial charge in [-0.25, -0.2) is 0 Å². The highest BCUT2D eigenvalue weighted by Crippen LogP contribution is 2.16. The molecule has 5 heteroatoms. The molecule has 2 aromatic rings. The molecule has 3 rings (SSSR count). The second kappa shape index (κ2) is 7.49. The molecule has 1 saturated heterocycles. The normalized spacial score (nSPS) is 14.1. The SMILES string of the molecule is O=C(NCc1ccc(OCc2cccc(Cl)c2)cc1)C1CNC1. The summed E-state index contributed by atoms with van der Waals surface area (Å²) in [6.45, 7) is 2.58. The zero-order valence-corrected chi connectivity index (χ0v) is 13.5. The van der Waals surface area contributed by atoms with Gasteiger partial charge in [0.05, 0.1) is 5.92 Å². The molecule has 1 aliphatic heterocycles. The number of carbonyl (C=O) groups is 1.